The van der Waals surface area contributed by atoms with E-state index in [1.165, 1.54) is 11.5 Å². The first-order valence-corrected chi connectivity index (χ1v) is 4.14. The third kappa shape index (κ3) is 2.34. The summed E-state index contributed by atoms with van der Waals surface area (Å²) < 4.78 is 8.90. The van der Waals surface area contributed by atoms with Crippen LogP contribution in [0.15, 0.2) is 0 Å². The Balaban J connectivity index is 2.58. The van der Waals surface area contributed by atoms with E-state index in [9.17, 15) is 0 Å². The molecule has 0 bridgehead atoms. The van der Waals surface area contributed by atoms with Crippen molar-refractivity contribution in [3.8, 4) is 5.19 Å². The van der Waals surface area contributed by atoms with Crippen molar-refractivity contribution in [2.75, 3.05) is 12.4 Å². The smallest absolute Gasteiger partial charge is 0.294 e. The molecule has 1 heterocycles. The maximum atomic E-state index is 4.88. The van der Waals surface area contributed by atoms with E-state index in [4.69, 9.17) is 4.74 Å². The van der Waals surface area contributed by atoms with E-state index in [1.807, 2.05) is 13.8 Å². The van der Waals surface area contributed by atoms with Gasteiger partial charge in [-0.05, 0) is 13.8 Å². The summed E-state index contributed by atoms with van der Waals surface area (Å²) >= 11 is 1.25. The zero-order valence-corrected chi connectivity index (χ0v) is 7.60. The van der Waals surface area contributed by atoms with Crippen LogP contribution >= 0.6 is 11.5 Å². The quantitative estimate of drug-likeness (QED) is 0.749. The topological polar surface area (TPSA) is 47.0 Å². The lowest BCUT2D eigenvalue weighted by Gasteiger charge is -2.02. The predicted octanol–water partition coefficient (Wildman–Crippen LogP) is 1.37. The van der Waals surface area contributed by atoms with E-state index in [1.54, 1.807) is 7.11 Å². The van der Waals surface area contributed by atoms with Crippen molar-refractivity contribution < 1.29 is 4.74 Å². The first-order valence-electron chi connectivity index (χ1n) is 3.36. The monoisotopic (exact) mass is 173 g/mol. The molecule has 4 nitrogen and oxygen atoms in total. The molecular weight excluding hydrogens is 162 g/mol. The molecule has 0 spiro atoms. The Kier molecular flexibility index (Phi) is 2.64. The fraction of sp³-hybridized carbons (Fsp3) is 0.667. The lowest BCUT2D eigenvalue weighted by atomic mass is 10.4. The lowest BCUT2D eigenvalue weighted by Crippen LogP contribution is -2.10. The summed E-state index contributed by atoms with van der Waals surface area (Å²) in [7, 11) is 1.58. The number of hydrogen-bond acceptors (Lipinski definition) is 5. The van der Waals surface area contributed by atoms with Gasteiger partial charge in [-0.15, -0.1) is 4.37 Å². The van der Waals surface area contributed by atoms with Gasteiger partial charge in [0.25, 0.3) is 5.19 Å². The van der Waals surface area contributed by atoms with Crippen molar-refractivity contribution in [2.45, 2.75) is 19.9 Å². The van der Waals surface area contributed by atoms with Gasteiger partial charge in [-0.25, -0.2) is 0 Å². The van der Waals surface area contributed by atoms with Gasteiger partial charge in [-0.2, -0.15) is 4.98 Å². The minimum Gasteiger partial charge on any atom is -0.472 e. The van der Waals surface area contributed by atoms with Crippen molar-refractivity contribution in [3.05, 3.63) is 0 Å². The highest BCUT2D eigenvalue weighted by Crippen LogP contribution is 2.16. The minimum atomic E-state index is 0.356. The molecule has 11 heavy (non-hydrogen) atoms. The largest absolute Gasteiger partial charge is 0.472 e. The molecule has 0 fully saturated rings. The van der Waals surface area contributed by atoms with Crippen LogP contribution in [0.4, 0.5) is 5.95 Å². The number of anilines is 1. The zero-order chi connectivity index (χ0) is 8.27. The van der Waals surface area contributed by atoms with Gasteiger partial charge in [0.1, 0.15) is 0 Å². The summed E-state index contributed by atoms with van der Waals surface area (Å²) in [5.74, 6) is 0.641. The zero-order valence-electron chi connectivity index (χ0n) is 6.79. The van der Waals surface area contributed by atoms with Crippen molar-refractivity contribution in [1.29, 1.82) is 0 Å². The number of rotatable bonds is 3. The number of hydrogen-bond donors (Lipinski definition) is 1. The van der Waals surface area contributed by atoms with Crippen LogP contribution < -0.4 is 10.1 Å². The van der Waals surface area contributed by atoms with Crippen molar-refractivity contribution in [1.82, 2.24) is 9.36 Å². The van der Waals surface area contributed by atoms with Gasteiger partial charge in [0.05, 0.1) is 7.11 Å². The van der Waals surface area contributed by atoms with E-state index in [-0.39, 0.29) is 0 Å². The summed E-state index contributed by atoms with van der Waals surface area (Å²) in [6.07, 6.45) is 0. The molecule has 0 aliphatic carbocycles. The molecule has 0 aliphatic rings. The third-order valence-corrected chi connectivity index (χ3v) is 1.68. The fourth-order valence-electron chi connectivity index (χ4n) is 0.609. The SMILES string of the molecule is COc1nc(NC(C)C)ns1. The van der Waals surface area contributed by atoms with Crippen LogP contribution in [-0.2, 0) is 0 Å². The first kappa shape index (κ1) is 8.26. The van der Waals surface area contributed by atoms with Gasteiger partial charge in [0.2, 0.25) is 5.95 Å². The van der Waals surface area contributed by atoms with Crippen molar-refractivity contribution in [3.63, 3.8) is 0 Å². The highest BCUT2D eigenvalue weighted by Gasteiger charge is 2.03. The molecule has 0 aromatic carbocycles. The summed E-state index contributed by atoms with van der Waals surface area (Å²) in [6.45, 7) is 4.07. The van der Waals surface area contributed by atoms with Gasteiger partial charge in [0.15, 0.2) is 0 Å². The molecule has 0 atom stereocenters. The molecular formula is C6H11N3OS. The number of methoxy groups -OCH3 is 1. The van der Waals surface area contributed by atoms with E-state index in [2.05, 4.69) is 14.7 Å². The molecule has 0 amide bonds. The number of nitrogens with one attached hydrogen (secondary N) is 1. The highest BCUT2D eigenvalue weighted by molar-refractivity contribution is 7.07. The molecule has 0 radical (unpaired) electrons. The summed E-state index contributed by atoms with van der Waals surface area (Å²) in [6, 6.07) is 0.356. The summed E-state index contributed by atoms with van der Waals surface area (Å²) in [4.78, 5) is 4.04. The molecule has 5 heteroatoms. The Morgan fingerprint density at radius 1 is 1.55 bits per heavy atom. The Hall–Kier alpha value is -0.840. The highest BCUT2D eigenvalue weighted by atomic mass is 32.1. The standard InChI is InChI=1S/C6H11N3OS/c1-4(2)7-5-8-6(10-3)11-9-5/h4H,1-3H3,(H,7,9). The van der Waals surface area contributed by atoms with E-state index in [0.29, 0.717) is 17.2 Å². The van der Waals surface area contributed by atoms with Crippen LogP contribution in [0.25, 0.3) is 0 Å². The average molecular weight is 173 g/mol. The Morgan fingerprint density at radius 2 is 2.27 bits per heavy atom. The Bertz CT molecular complexity index is 223. The molecule has 62 valence electrons. The second-order valence-electron chi connectivity index (χ2n) is 2.39. The maximum absolute atomic E-state index is 4.88. The molecule has 0 unspecified atom stereocenters. The van der Waals surface area contributed by atoms with E-state index in [0.717, 1.165) is 0 Å². The van der Waals surface area contributed by atoms with Gasteiger partial charge in [-0.3, -0.25) is 0 Å². The van der Waals surface area contributed by atoms with Crippen LogP contribution in [0.3, 0.4) is 0 Å². The van der Waals surface area contributed by atoms with Gasteiger partial charge in [-0.1, -0.05) is 0 Å². The second-order valence-corrected chi connectivity index (χ2v) is 3.10. The van der Waals surface area contributed by atoms with Crippen LogP contribution in [0.5, 0.6) is 5.19 Å². The maximum Gasteiger partial charge on any atom is 0.294 e. The van der Waals surface area contributed by atoms with Gasteiger partial charge >= 0.3 is 0 Å². The Labute approximate surface area is 69.8 Å². The van der Waals surface area contributed by atoms with E-state index >= 15 is 0 Å². The number of nitrogens with zero attached hydrogens (tertiary/aromatic N) is 2. The van der Waals surface area contributed by atoms with E-state index < -0.39 is 0 Å². The third-order valence-electron chi connectivity index (χ3n) is 1.000. The summed E-state index contributed by atoms with van der Waals surface area (Å²) in [5.41, 5.74) is 0. The average Bonchev–Trinajstić information content (AvgIpc) is 2.34. The molecule has 1 rings (SSSR count). The first-order chi connectivity index (χ1) is 5.22. The second kappa shape index (κ2) is 3.52. The van der Waals surface area contributed by atoms with Gasteiger partial charge in [0, 0.05) is 17.6 Å². The molecule has 0 saturated heterocycles. The summed E-state index contributed by atoms with van der Waals surface area (Å²) in [5, 5.41) is 3.66. The fourth-order valence-corrected chi connectivity index (χ4v) is 1.07. The predicted molar refractivity (Wildman–Crippen MR) is 45.2 cm³/mol. The molecule has 0 saturated carbocycles. The number of aromatic nitrogens is 2. The molecule has 1 N–H and O–H groups in total. The molecule has 0 aliphatic heterocycles. The van der Waals surface area contributed by atoms with Crippen LogP contribution in [0.1, 0.15) is 13.8 Å². The number of ether oxygens (including phenoxy) is 1. The van der Waals surface area contributed by atoms with Gasteiger partial charge < -0.3 is 10.1 Å². The lowest BCUT2D eigenvalue weighted by molar-refractivity contribution is 0.412. The van der Waals surface area contributed by atoms with Crippen LogP contribution in [0.2, 0.25) is 0 Å². The normalized spacial score (nSPS) is 10.2. The minimum absolute atomic E-state index is 0.356. The van der Waals surface area contributed by atoms with Crippen LogP contribution in [0, 0.1) is 0 Å². The Morgan fingerprint density at radius 3 is 2.73 bits per heavy atom. The van der Waals surface area contributed by atoms with Crippen molar-refractivity contribution in [2.24, 2.45) is 0 Å². The molecule has 1 aromatic heterocycles. The van der Waals surface area contributed by atoms with Crippen LogP contribution in [-0.4, -0.2) is 22.5 Å². The molecule has 1 aromatic rings. The van der Waals surface area contributed by atoms with Crippen molar-refractivity contribution >= 4 is 17.5 Å².